The number of epoxide rings is 1. The summed E-state index contributed by atoms with van der Waals surface area (Å²) in [5.74, 6) is -1.41. The number of hydrogen-bond donors (Lipinski definition) is 2. The Morgan fingerprint density at radius 3 is 2.53 bits per heavy atom. The van der Waals surface area contributed by atoms with Gasteiger partial charge in [0, 0.05) is 31.6 Å². The Labute approximate surface area is 224 Å². The van der Waals surface area contributed by atoms with Gasteiger partial charge in [-0.15, -0.1) is 0 Å². The van der Waals surface area contributed by atoms with Gasteiger partial charge < -0.3 is 33.9 Å². The van der Waals surface area contributed by atoms with Crippen LogP contribution in [-0.2, 0) is 33.3 Å². The zero-order chi connectivity index (χ0) is 27.7. The van der Waals surface area contributed by atoms with Crippen molar-refractivity contribution in [2.45, 2.75) is 89.5 Å². The minimum Gasteiger partial charge on any atom is -0.463 e. The highest BCUT2D eigenvalue weighted by atomic mass is 16.6. The fourth-order valence-electron chi connectivity index (χ4n) is 6.84. The van der Waals surface area contributed by atoms with E-state index in [2.05, 4.69) is 19.9 Å². The van der Waals surface area contributed by atoms with Crippen LogP contribution in [0.1, 0.15) is 53.4 Å². The van der Waals surface area contributed by atoms with Crippen LogP contribution in [0.15, 0.2) is 36.0 Å². The van der Waals surface area contributed by atoms with Gasteiger partial charge in [0.15, 0.2) is 6.10 Å². The van der Waals surface area contributed by atoms with Gasteiger partial charge in [0.25, 0.3) is 0 Å². The van der Waals surface area contributed by atoms with E-state index < -0.39 is 40.6 Å². The van der Waals surface area contributed by atoms with E-state index in [1.165, 1.54) is 11.6 Å². The van der Waals surface area contributed by atoms with Crippen LogP contribution < -0.4 is 0 Å². The van der Waals surface area contributed by atoms with E-state index >= 15 is 0 Å². The number of aliphatic hydroxyl groups excluding tert-OH is 2. The zero-order valence-electron chi connectivity index (χ0n) is 23.1. The second-order valence-electron chi connectivity index (χ2n) is 11.4. The summed E-state index contributed by atoms with van der Waals surface area (Å²) < 4.78 is 30.4. The molecule has 3 fully saturated rings. The lowest BCUT2D eigenvalue weighted by Gasteiger charge is -2.58. The van der Waals surface area contributed by atoms with Crippen molar-refractivity contribution in [1.82, 2.24) is 0 Å². The lowest BCUT2D eigenvalue weighted by atomic mass is 9.51. The van der Waals surface area contributed by atoms with Gasteiger partial charge in [-0.25, -0.2) is 9.59 Å². The number of esters is 2. The summed E-state index contributed by atoms with van der Waals surface area (Å²) in [6.07, 6.45) is 8.93. The van der Waals surface area contributed by atoms with E-state index in [0.717, 1.165) is 13.5 Å². The number of carbonyl (C=O) groups excluding carboxylic acids is 2. The van der Waals surface area contributed by atoms with Crippen molar-refractivity contribution in [3.8, 4) is 0 Å². The normalized spacial score (nSPS) is 46.7. The first-order valence-corrected chi connectivity index (χ1v) is 13.6. The molecular formula is C29H42O9. The largest absolute Gasteiger partial charge is 0.463 e. The van der Waals surface area contributed by atoms with Crippen molar-refractivity contribution in [3.63, 3.8) is 0 Å². The highest BCUT2D eigenvalue weighted by molar-refractivity contribution is 5.82. The van der Waals surface area contributed by atoms with Gasteiger partial charge in [-0.1, -0.05) is 43.7 Å². The molecule has 0 amide bonds. The molecular weight excluding hydrogens is 492 g/mol. The topological polar surface area (TPSA) is 124 Å². The number of aliphatic hydroxyl groups is 2. The molecule has 0 aromatic rings. The summed E-state index contributed by atoms with van der Waals surface area (Å²) in [4.78, 5) is 25.9. The monoisotopic (exact) mass is 534 g/mol. The van der Waals surface area contributed by atoms with Crippen LogP contribution in [0.5, 0.6) is 0 Å². The van der Waals surface area contributed by atoms with Crippen molar-refractivity contribution >= 4 is 11.9 Å². The molecule has 2 bridgehead atoms. The average Bonchev–Trinajstić information content (AvgIpc) is 3.68. The summed E-state index contributed by atoms with van der Waals surface area (Å²) in [6.45, 7) is 8.85. The molecule has 1 saturated carbocycles. The highest BCUT2D eigenvalue weighted by Gasteiger charge is 2.83. The summed E-state index contributed by atoms with van der Waals surface area (Å²) >= 11 is 0. The maximum Gasteiger partial charge on any atom is 0.335 e. The molecule has 3 aliphatic heterocycles. The van der Waals surface area contributed by atoms with Gasteiger partial charge >= 0.3 is 11.9 Å². The first-order chi connectivity index (χ1) is 18.1. The molecule has 9 heteroatoms. The van der Waals surface area contributed by atoms with Crippen LogP contribution in [0.2, 0.25) is 0 Å². The van der Waals surface area contributed by atoms with Gasteiger partial charge in [0.05, 0.1) is 30.3 Å². The van der Waals surface area contributed by atoms with E-state index in [1.807, 2.05) is 19.9 Å². The number of cyclic esters (lactones) is 1. The van der Waals surface area contributed by atoms with Crippen molar-refractivity contribution in [3.05, 3.63) is 36.0 Å². The molecule has 212 valence electrons. The molecule has 2 spiro atoms. The predicted octanol–water partition coefficient (Wildman–Crippen LogP) is 2.64. The predicted molar refractivity (Wildman–Crippen MR) is 138 cm³/mol. The standard InChI is InChI=1S/C28H38O8.CH4O/c1-17-9-11-27-15-33-25(31)24(30)18(2)10-12-32-19(3)7-5-6-8-23(29)36-20-14-22(35-21(27)13-17)28(16-34-28)26(20,27)4;1-2/h5-8,13,18-22,24,30H,9-12,14-16H2,1-4H3;2H,1H3/b7-5+,8-6-;/t18?,19?,20-,21?,22-,24-,26-,27-,28?;/m1./s1. The molecule has 0 aromatic carbocycles. The smallest absolute Gasteiger partial charge is 0.335 e. The lowest BCUT2D eigenvalue weighted by molar-refractivity contribution is -0.234. The van der Waals surface area contributed by atoms with Crippen molar-refractivity contribution < 1.29 is 43.5 Å². The maximum absolute atomic E-state index is 13.0. The fourth-order valence-corrected chi connectivity index (χ4v) is 6.84. The Morgan fingerprint density at radius 1 is 1.08 bits per heavy atom. The zero-order valence-corrected chi connectivity index (χ0v) is 23.1. The molecule has 9 nitrogen and oxygen atoms in total. The summed E-state index contributed by atoms with van der Waals surface area (Å²) in [5.41, 5.74) is -0.649. The number of allylic oxidation sites excluding steroid dienone is 3. The highest BCUT2D eigenvalue weighted by Crippen LogP contribution is 2.72. The summed E-state index contributed by atoms with van der Waals surface area (Å²) in [6, 6.07) is 0. The molecule has 38 heavy (non-hydrogen) atoms. The van der Waals surface area contributed by atoms with E-state index in [4.69, 9.17) is 28.8 Å². The summed E-state index contributed by atoms with van der Waals surface area (Å²) in [7, 11) is 1.00. The Morgan fingerprint density at radius 2 is 1.82 bits per heavy atom. The SMILES string of the molecule is CC1=CC2O[C@@H]3C[C@H]4OC(=O)/C=C\C=C\C(C)OCCC(C)[C@@H](O)C(=O)OC[C@@]2(CC1)[C@]4(C)C31CO1.CO. The van der Waals surface area contributed by atoms with Gasteiger partial charge in [-0.2, -0.15) is 0 Å². The van der Waals surface area contributed by atoms with E-state index in [0.29, 0.717) is 32.5 Å². The molecule has 5 rings (SSSR count). The number of ether oxygens (including phenoxy) is 5. The Balaban J connectivity index is 0.00000164. The van der Waals surface area contributed by atoms with E-state index in [-0.39, 0.29) is 30.8 Å². The molecule has 0 aromatic heterocycles. The third-order valence-electron chi connectivity index (χ3n) is 9.41. The van der Waals surface area contributed by atoms with Crippen LogP contribution in [-0.4, -0.2) is 85.2 Å². The van der Waals surface area contributed by atoms with Crippen LogP contribution in [0.3, 0.4) is 0 Å². The fraction of sp³-hybridized carbons (Fsp3) is 0.724. The van der Waals surface area contributed by atoms with Crippen LogP contribution in [0.4, 0.5) is 0 Å². The third kappa shape index (κ3) is 4.77. The Kier molecular flexibility index (Phi) is 8.55. The Bertz CT molecular complexity index is 983. The Hall–Kier alpha value is -2.04. The van der Waals surface area contributed by atoms with Gasteiger partial charge in [0.2, 0.25) is 0 Å². The molecule has 0 radical (unpaired) electrons. The quantitative estimate of drug-likeness (QED) is 0.274. The molecule has 4 unspecified atom stereocenters. The van der Waals surface area contributed by atoms with Crippen molar-refractivity contribution in [1.29, 1.82) is 0 Å². The third-order valence-corrected chi connectivity index (χ3v) is 9.41. The molecule has 3 heterocycles. The van der Waals surface area contributed by atoms with Gasteiger partial charge in [-0.3, -0.25) is 0 Å². The van der Waals surface area contributed by atoms with Crippen molar-refractivity contribution in [2.24, 2.45) is 16.7 Å². The molecule has 2 N–H and O–H groups in total. The number of hydrogen-bond acceptors (Lipinski definition) is 9. The second kappa shape index (κ2) is 11.2. The molecule has 9 atom stereocenters. The first kappa shape index (κ1) is 29.0. The van der Waals surface area contributed by atoms with Crippen LogP contribution in [0.25, 0.3) is 0 Å². The second-order valence-corrected chi connectivity index (χ2v) is 11.4. The van der Waals surface area contributed by atoms with E-state index in [1.54, 1.807) is 12.2 Å². The molecule has 2 aliphatic carbocycles. The lowest BCUT2D eigenvalue weighted by Crippen LogP contribution is -2.66. The van der Waals surface area contributed by atoms with Crippen molar-refractivity contribution in [2.75, 3.05) is 26.9 Å². The average molecular weight is 535 g/mol. The van der Waals surface area contributed by atoms with Gasteiger partial charge in [-0.05, 0) is 39.0 Å². The minimum atomic E-state index is -1.26. The minimum absolute atomic E-state index is 0.0541. The van der Waals surface area contributed by atoms with Gasteiger partial charge in [0.1, 0.15) is 18.3 Å². The molecule has 2 saturated heterocycles. The molecule has 5 aliphatic rings. The van der Waals surface area contributed by atoms with E-state index in [9.17, 15) is 14.7 Å². The summed E-state index contributed by atoms with van der Waals surface area (Å²) in [5, 5.41) is 17.7. The van der Waals surface area contributed by atoms with Crippen LogP contribution >= 0.6 is 0 Å². The number of rotatable bonds is 0. The first-order valence-electron chi connectivity index (χ1n) is 13.6. The maximum atomic E-state index is 13.0. The van der Waals surface area contributed by atoms with Crippen LogP contribution in [0, 0.1) is 16.7 Å². The number of carbonyl (C=O) groups is 2.